The molecule has 27 heavy (non-hydrogen) atoms. The van der Waals surface area contributed by atoms with Gasteiger partial charge in [-0.2, -0.15) is 5.10 Å². The van der Waals surface area contributed by atoms with Crippen molar-refractivity contribution >= 4 is 22.5 Å². The van der Waals surface area contributed by atoms with Crippen LogP contribution in [0.3, 0.4) is 0 Å². The molecule has 3 heterocycles. The Balaban J connectivity index is 1.59. The van der Waals surface area contributed by atoms with Gasteiger partial charge in [0.15, 0.2) is 11.5 Å². The van der Waals surface area contributed by atoms with Gasteiger partial charge in [-0.25, -0.2) is 23.9 Å². The highest BCUT2D eigenvalue weighted by atomic mass is 19.1. The van der Waals surface area contributed by atoms with Crippen LogP contribution in [0.1, 0.15) is 5.82 Å². The molecule has 0 amide bonds. The number of imidazole rings is 2. The SMILES string of the molecule is Fc1ccc2nc(CNc3ncnn4ccnc34)n(-c3ccccc3)c2c1. The van der Waals surface area contributed by atoms with Crippen LogP contribution >= 0.6 is 0 Å². The van der Waals surface area contributed by atoms with E-state index in [4.69, 9.17) is 0 Å². The van der Waals surface area contributed by atoms with E-state index < -0.39 is 0 Å². The molecule has 0 saturated carbocycles. The summed E-state index contributed by atoms with van der Waals surface area (Å²) in [6, 6.07) is 14.4. The van der Waals surface area contributed by atoms with Gasteiger partial charge >= 0.3 is 0 Å². The summed E-state index contributed by atoms with van der Waals surface area (Å²) in [6.07, 6.45) is 4.88. The first-order valence-corrected chi connectivity index (χ1v) is 8.40. The Labute approximate surface area is 153 Å². The topological polar surface area (TPSA) is 72.9 Å². The Kier molecular flexibility index (Phi) is 3.53. The summed E-state index contributed by atoms with van der Waals surface area (Å²) in [7, 11) is 0. The van der Waals surface area contributed by atoms with Crippen LogP contribution in [0, 0.1) is 5.82 Å². The molecule has 0 saturated heterocycles. The maximum absolute atomic E-state index is 13.8. The van der Waals surface area contributed by atoms with Gasteiger partial charge in [0.2, 0.25) is 0 Å². The van der Waals surface area contributed by atoms with Crippen molar-refractivity contribution in [2.75, 3.05) is 5.32 Å². The van der Waals surface area contributed by atoms with E-state index in [9.17, 15) is 4.39 Å². The third kappa shape index (κ3) is 2.67. The normalized spacial score (nSPS) is 11.3. The molecule has 3 aromatic heterocycles. The van der Waals surface area contributed by atoms with E-state index in [2.05, 4.69) is 25.4 Å². The molecule has 132 valence electrons. The first-order valence-electron chi connectivity index (χ1n) is 8.40. The third-order valence-corrected chi connectivity index (χ3v) is 4.31. The predicted octanol–water partition coefficient (Wildman–Crippen LogP) is 3.21. The number of para-hydroxylation sites is 1. The zero-order chi connectivity index (χ0) is 18.2. The average Bonchev–Trinajstić information content (AvgIpc) is 3.31. The molecule has 0 aliphatic rings. The number of rotatable bonds is 4. The summed E-state index contributed by atoms with van der Waals surface area (Å²) in [5, 5.41) is 7.37. The number of halogens is 1. The highest BCUT2D eigenvalue weighted by Crippen LogP contribution is 2.23. The van der Waals surface area contributed by atoms with Crippen LogP contribution in [0.2, 0.25) is 0 Å². The smallest absolute Gasteiger partial charge is 0.196 e. The number of aromatic nitrogens is 6. The molecular formula is C19H14FN7. The van der Waals surface area contributed by atoms with E-state index in [0.29, 0.717) is 23.5 Å². The van der Waals surface area contributed by atoms with Crippen molar-refractivity contribution in [2.24, 2.45) is 0 Å². The molecule has 0 aliphatic carbocycles. The zero-order valence-electron chi connectivity index (χ0n) is 14.1. The molecule has 0 unspecified atom stereocenters. The molecule has 0 radical (unpaired) electrons. The molecule has 2 aromatic carbocycles. The fraction of sp³-hybridized carbons (Fsp3) is 0.0526. The second-order valence-electron chi connectivity index (χ2n) is 5.99. The quantitative estimate of drug-likeness (QED) is 0.533. The van der Waals surface area contributed by atoms with Crippen molar-refractivity contribution in [3.05, 3.63) is 78.9 Å². The van der Waals surface area contributed by atoms with Crippen LogP contribution in [0.25, 0.3) is 22.4 Å². The molecule has 0 atom stereocenters. The largest absolute Gasteiger partial charge is 0.360 e. The molecular weight excluding hydrogens is 345 g/mol. The summed E-state index contributed by atoms with van der Waals surface area (Å²) < 4.78 is 17.4. The van der Waals surface area contributed by atoms with E-state index >= 15 is 0 Å². The molecule has 5 aromatic rings. The Morgan fingerprint density at radius 3 is 2.81 bits per heavy atom. The van der Waals surface area contributed by atoms with Gasteiger partial charge in [-0.1, -0.05) is 18.2 Å². The molecule has 1 N–H and O–H groups in total. The lowest BCUT2D eigenvalue weighted by molar-refractivity contribution is 0.629. The number of nitrogens with zero attached hydrogens (tertiary/aromatic N) is 6. The molecule has 0 bridgehead atoms. The van der Waals surface area contributed by atoms with Gasteiger partial charge in [-0.15, -0.1) is 0 Å². The number of anilines is 1. The van der Waals surface area contributed by atoms with Gasteiger partial charge in [0.25, 0.3) is 0 Å². The minimum atomic E-state index is -0.297. The number of fused-ring (bicyclic) bond motifs is 2. The standard InChI is InChI=1S/C19H14FN7/c20-13-6-7-15-16(10-13)27(14-4-2-1-3-5-14)17(25-15)11-22-18-19-21-8-9-26(19)24-12-23-18/h1-10,12H,11H2,(H,22,23,24). The third-order valence-electron chi connectivity index (χ3n) is 4.31. The molecule has 0 fully saturated rings. The Bertz CT molecular complexity index is 1240. The van der Waals surface area contributed by atoms with Crippen LogP contribution in [0.5, 0.6) is 0 Å². The lowest BCUT2D eigenvalue weighted by atomic mass is 10.2. The minimum Gasteiger partial charge on any atom is -0.360 e. The lowest BCUT2D eigenvalue weighted by Crippen LogP contribution is -2.10. The second-order valence-corrected chi connectivity index (χ2v) is 5.99. The maximum Gasteiger partial charge on any atom is 0.196 e. The maximum atomic E-state index is 13.8. The van der Waals surface area contributed by atoms with Gasteiger partial charge < -0.3 is 5.32 Å². The molecule has 8 heteroatoms. The summed E-state index contributed by atoms with van der Waals surface area (Å²) >= 11 is 0. The van der Waals surface area contributed by atoms with Gasteiger partial charge in [0, 0.05) is 24.1 Å². The first kappa shape index (κ1) is 15.4. The second kappa shape index (κ2) is 6.17. The van der Waals surface area contributed by atoms with E-state index in [-0.39, 0.29) is 5.82 Å². The lowest BCUT2D eigenvalue weighted by Gasteiger charge is -2.10. The summed E-state index contributed by atoms with van der Waals surface area (Å²) in [6.45, 7) is 0.394. The Hall–Kier alpha value is -3.81. The van der Waals surface area contributed by atoms with E-state index in [1.807, 2.05) is 34.9 Å². The first-order chi connectivity index (χ1) is 13.3. The van der Waals surface area contributed by atoms with Crippen molar-refractivity contribution in [1.82, 2.24) is 29.1 Å². The predicted molar refractivity (Wildman–Crippen MR) is 99.1 cm³/mol. The fourth-order valence-electron chi connectivity index (χ4n) is 3.13. The molecule has 5 rings (SSSR count). The van der Waals surface area contributed by atoms with E-state index in [1.165, 1.54) is 18.5 Å². The van der Waals surface area contributed by atoms with E-state index in [1.54, 1.807) is 23.0 Å². The molecule has 7 nitrogen and oxygen atoms in total. The van der Waals surface area contributed by atoms with Crippen molar-refractivity contribution in [1.29, 1.82) is 0 Å². The van der Waals surface area contributed by atoms with Crippen molar-refractivity contribution in [3.63, 3.8) is 0 Å². The highest BCUT2D eigenvalue weighted by Gasteiger charge is 2.14. The van der Waals surface area contributed by atoms with Crippen LogP contribution in [0.4, 0.5) is 10.2 Å². The van der Waals surface area contributed by atoms with Crippen LogP contribution < -0.4 is 5.32 Å². The number of hydrogen-bond acceptors (Lipinski definition) is 5. The summed E-state index contributed by atoms with van der Waals surface area (Å²) in [5.74, 6) is 1.05. The van der Waals surface area contributed by atoms with Crippen molar-refractivity contribution < 1.29 is 4.39 Å². The van der Waals surface area contributed by atoms with Gasteiger partial charge in [-0.05, 0) is 24.3 Å². The fourth-order valence-corrected chi connectivity index (χ4v) is 3.13. The van der Waals surface area contributed by atoms with E-state index in [0.717, 1.165) is 17.0 Å². The monoisotopic (exact) mass is 359 g/mol. The molecule has 0 aliphatic heterocycles. The number of benzene rings is 2. The number of hydrogen-bond donors (Lipinski definition) is 1. The average molecular weight is 359 g/mol. The van der Waals surface area contributed by atoms with Crippen LogP contribution in [-0.4, -0.2) is 29.1 Å². The van der Waals surface area contributed by atoms with Gasteiger partial charge in [-0.3, -0.25) is 4.57 Å². The zero-order valence-corrected chi connectivity index (χ0v) is 14.1. The highest BCUT2D eigenvalue weighted by molar-refractivity contribution is 5.78. The van der Waals surface area contributed by atoms with Crippen molar-refractivity contribution in [2.45, 2.75) is 6.54 Å². The Morgan fingerprint density at radius 2 is 1.93 bits per heavy atom. The molecule has 0 spiro atoms. The van der Waals surface area contributed by atoms with Gasteiger partial charge in [0.05, 0.1) is 17.6 Å². The van der Waals surface area contributed by atoms with Gasteiger partial charge in [0.1, 0.15) is 18.0 Å². The van der Waals surface area contributed by atoms with Crippen LogP contribution in [0.15, 0.2) is 67.3 Å². The minimum absolute atomic E-state index is 0.297. The summed E-state index contributed by atoms with van der Waals surface area (Å²) in [5.41, 5.74) is 2.99. The number of nitrogens with one attached hydrogen (secondary N) is 1. The van der Waals surface area contributed by atoms with Crippen LogP contribution in [-0.2, 0) is 6.54 Å². The summed E-state index contributed by atoms with van der Waals surface area (Å²) in [4.78, 5) is 13.2. The van der Waals surface area contributed by atoms with Crippen molar-refractivity contribution in [3.8, 4) is 5.69 Å². The Morgan fingerprint density at radius 1 is 1.04 bits per heavy atom.